The van der Waals surface area contributed by atoms with E-state index in [9.17, 15) is 9.59 Å². The Balaban J connectivity index is 1.80. The second-order valence-corrected chi connectivity index (χ2v) is 7.70. The fourth-order valence-corrected chi connectivity index (χ4v) is 3.22. The highest BCUT2D eigenvalue weighted by molar-refractivity contribution is 6.02. The largest absolute Gasteiger partial charge is 0.497 e. The van der Waals surface area contributed by atoms with Crippen LogP contribution < -0.4 is 29.7 Å². The third-order valence-electron chi connectivity index (χ3n) is 4.89. The Bertz CT molecular complexity index is 1000. The highest BCUT2D eigenvalue weighted by Gasteiger charge is 2.37. The quantitative estimate of drug-likeness (QED) is 0.674. The number of nitrogens with one attached hydrogen (secondary N) is 2. The maximum Gasteiger partial charge on any atom is 0.323 e. The van der Waals surface area contributed by atoms with Gasteiger partial charge in [-0.25, -0.2) is 4.79 Å². The molecule has 0 saturated carbocycles. The fraction of sp³-hybridized carbons (Fsp3) is 0.304. The smallest absolute Gasteiger partial charge is 0.323 e. The molecule has 2 N–H and O–H groups in total. The van der Waals surface area contributed by atoms with Gasteiger partial charge in [-0.3, -0.25) is 4.79 Å². The SMILES string of the molecule is C=CCN1C(=O)C(C)(C)COc2cc(NC(=O)Nc3ccc(OC)cc3OC)ccc21. The van der Waals surface area contributed by atoms with Gasteiger partial charge in [-0.2, -0.15) is 0 Å². The van der Waals surface area contributed by atoms with Crippen LogP contribution in [0.2, 0.25) is 0 Å². The second kappa shape index (κ2) is 8.99. The summed E-state index contributed by atoms with van der Waals surface area (Å²) in [5.41, 5.74) is 0.974. The molecule has 0 spiro atoms. The van der Waals surface area contributed by atoms with Crippen LogP contribution in [0.3, 0.4) is 0 Å². The minimum absolute atomic E-state index is 0.0452. The van der Waals surface area contributed by atoms with Crippen LogP contribution in [-0.4, -0.2) is 39.3 Å². The maximum atomic E-state index is 12.9. The van der Waals surface area contributed by atoms with Crippen LogP contribution in [0.15, 0.2) is 49.1 Å². The maximum absolute atomic E-state index is 12.9. The summed E-state index contributed by atoms with van der Waals surface area (Å²) in [6.45, 7) is 8.01. The van der Waals surface area contributed by atoms with Gasteiger partial charge in [-0.15, -0.1) is 6.58 Å². The van der Waals surface area contributed by atoms with E-state index in [4.69, 9.17) is 14.2 Å². The van der Waals surface area contributed by atoms with E-state index in [1.807, 2.05) is 13.8 Å². The molecule has 3 amide bonds. The van der Waals surface area contributed by atoms with E-state index in [1.54, 1.807) is 54.5 Å². The monoisotopic (exact) mass is 425 g/mol. The van der Waals surface area contributed by atoms with Gasteiger partial charge in [0.25, 0.3) is 0 Å². The van der Waals surface area contributed by atoms with Gasteiger partial charge < -0.3 is 29.7 Å². The lowest BCUT2D eigenvalue weighted by Crippen LogP contribution is -2.42. The molecule has 0 saturated heterocycles. The number of fused-ring (bicyclic) bond motifs is 1. The molecule has 2 aromatic carbocycles. The van der Waals surface area contributed by atoms with E-state index in [0.29, 0.717) is 40.9 Å². The molecule has 8 heteroatoms. The lowest BCUT2D eigenvalue weighted by molar-refractivity contribution is -0.127. The summed E-state index contributed by atoms with van der Waals surface area (Å²) in [6, 6.07) is 9.82. The van der Waals surface area contributed by atoms with Crippen molar-refractivity contribution in [3.8, 4) is 17.2 Å². The number of methoxy groups -OCH3 is 2. The zero-order valence-electron chi connectivity index (χ0n) is 18.2. The van der Waals surface area contributed by atoms with Crippen LogP contribution >= 0.6 is 0 Å². The first-order valence-electron chi connectivity index (χ1n) is 9.79. The molecule has 0 fully saturated rings. The summed E-state index contributed by atoms with van der Waals surface area (Å²) in [6.07, 6.45) is 1.67. The Morgan fingerprint density at radius 2 is 1.97 bits per heavy atom. The number of ether oxygens (including phenoxy) is 3. The van der Waals surface area contributed by atoms with Crippen molar-refractivity contribution in [2.24, 2.45) is 5.41 Å². The van der Waals surface area contributed by atoms with E-state index in [2.05, 4.69) is 17.2 Å². The Morgan fingerprint density at radius 1 is 1.19 bits per heavy atom. The van der Waals surface area contributed by atoms with Crippen LogP contribution in [0.1, 0.15) is 13.8 Å². The lowest BCUT2D eigenvalue weighted by Gasteiger charge is -2.27. The summed E-state index contributed by atoms with van der Waals surface area (Å²) < 4.78 is 16.4. The van der Waals surface area contributed by atoms with Gasteiger partial charge in [0.1, 0.15) is 23.9 Å². The molecule has 1 aliphatic heterocycles. The summed E-state index contributed by atoms with van der Waals surface area (Å²) in [5, 5.41) is 5.53. The second-order valence-electron chi connectivity index (χ2n) is 7.70. The standard InChI is InChI=1S/C23H27N3O5/c1-6-11-26-18-10-7-15(12-20(18)31-14-23(2,3)21(26)27)24-22(28)25-17-9-8-16(29-4)13-19(17)30-5/h6-10,12-13H,1,11,14H2,2-5H3,(H2,24,25,28). The van der Waals surface area contributed by atoms with Crippen molar-refractivity contribution in [2.75, 3.05) is 42.9 Å². The van der Waals surface area contributed by atoms with E-state index < -0.39 is 11.4 Å². The van der Waals surface area contributed by atoms with Crippen molar-refractivity contribution >= 4 is 29.0 Å². The number of nitrogens with zero attached hydrogens (tertiary/aromatic N) is 1. The van der Waals surface area contributed by atoms with Crippen molar-refractivity contribution in [2.45, 2.75) is 13.8 Å². The van der Waals surface area contributed by atoms with Crippen LogP contribution in [0.25, 0.3) is 0 Å². The van der Waals surface area contributed by atoms with Crippen LogP contribution in [0.4, 0.5) is 21.9 Å². The average molecular weight is 425 g/mol. The zero-order valence-corrected chi connectivity index (χ0v) is 18.2. The van der Waals surface area contributed by atoms with Gasteiger partial charge in [0.15, 0.2) is 0 Å². The van der Waals surface area contributed by atoms with Crippen molar-refractivity contribution < 1.29 is 23.8 Å². The molecular weight excluding hydrogens is 398 g/mol. The van der Waals surface area contributed by atoms with E-state index in [-0.39, 0.29) is 12.5 Å². The van der Waals surface area contributed by atoms with Crippen LogP contribution in [-0.2, 0) is 4.79 Å². The number of rotatable bonds is 6. The minimum Gasteiger partial charge on any atom is -0.497 e. The minimum atomic E-state index is -0.683. The first-order chi connectivity index (χ1) is 14.8. The number of hydrogen-bond donors (Lipinski definition) is 2. The molecule has 2 aromatic rings. The zero-order chi connectivity index (χ0) is 22.6. The van der Waals surface area contributed by atoms with Gasteiger partial charge in [-0.1, -0.05) is 6.08 Å². The topological polar surface area (TPSA) is 89.1 Å². The number of anilines is 3. The molecular formula is C23H27N3O5. The van der Waals surface area contributed by atoms with Crippen molar-refractivity contribution in [1.82, 2.24) is 0 Å². The highest BCUT2D eigenvalue weighted by atomic mass is 16.5. The number of carbonyl (C=O) groups excluding carboxylic acids is 2. The molecule has 0 unspecified atom stereocenters. The summed E-state index contributed by atoms with van der Waals surface area (Å²) in [4.78, 5) is 27.1. The van der Waals surface area contributed by atoms with Gasteiger partial charge in [-0.05, 0) is 38.1 Å². The van der Waals surface area contributed by atoms with Crippen LogP contribution in [0, 0.1) is 5.41 Å². The molecule has 0 bridgehead atoms. The Labute approximate surface area is 181 Å². The molecule has 0 atom stereocenters. The predicted octanol–water partition coefficient (Wildman–Crippen LogP) is 4.29. The molecule has 0 aliphatic carbocycles. The van der Waals surface area contributed by atoms with Crippen molar-refractivity contribution in [3.63, 3.8) is 0 Å². The van der Waals surface area contributed by atoms with E-state index in [0.717, 1.165) is 0 Å². The number of amides is 3. The number of urea groups is 1. The van der Waals surface area contributed by atoms with Gasteiger partial charge >= 0.3 is 6.03 Å². The molecule has 1 aliphatic rings. The van der Waals surface area contributed by atoms with Gasteiger partial charge in [0.2, 0.25) is 5.91 Å². The third-order valence-corrected chi connectivity index (χ3v) is 4.89. The Kier molecular flexibility index (Phi) is 6.39. The summed E-state index contributed by atoms with van der Waals surface area (Å²) >= 11 is 0. The number of carbonyl (C=O) groups is 2. The van der Waals surface area contributed by atoms with E-state index in [1.165, 1.54) is 7.11 Å². The summed E-state index contributed by atoms with van der Waals surface area (Å²) in [5.74, 6) is 1.56. The highest BCUT2D eigenvalue weighted by Crippen LogP contribution is 2.38. The molecule has 1 heterocycles. The first kappa shape index (κ1) is 22.0. The van der Waals surface area contributed by atoms with Gasteiger partial charge in [0.05, 0.1) is 31.0 Å². The fourth-order valence-electron chi connectivity index (χ4n) is 3.22. The average Bonchev–Trinajstić information content (AvgIpc) is 2.84. The molecule has 31 heavy (non-hydrogen) atoms. The van der Waals surface area contributed by atoms with Crippen LogP contribution in [0.5, 0.6) is 17.2 Å². The predicted molar refractivity (Wildman–Crippen MR) is 120 cm³/mol. The normalized spacial score (nSPS) is 14.6. The Morgan fingerprint density at radius 3 is 2.65 bits per heavy atom. The summed E-state index contributed by atoms with van der Waals surface area (Å²) in [7, 11) is 3.07. The molecule has 0 aromatic heterocycles. The molecule has 3 rings (SSSR count). The van der Waals surface area contributed by atoms with Gasteiger partial charge in [0, 0.05) is 24.4 Å². The number of hydrogen-bond acceptors (Lipinski definition) is 5. The number of benzene rings is 2. The molecule has 0 radical (unpaired) electrons. The molecule has 8 nitrogen and oxygen atoms in total. The van der Waals surface area contributed by atoms with Crippen molar-refractivity contribution in [1.29, 1.82) is 0 Å². The lowest BCUT2D eigenvalue weighted by atomic mass is 9.93. The van der Waals surface area contributed by atoms with Crippen molar-refractivity contribution in [3.05, 3.63) is 49.1 Å². The third kappa shape index (κ3) is 4.74. The molecule has 164 valence electrons. The Hall–Kier alpha value is -3.68. The van der Waals surface area contributed by atoms with E-state index >= 15 is 0 Å². The first-order valence-corrected chi connectivity index (χ1v) is 9.79.